The Bertz CT molecular complexity index is 742. The van der Waals surface area contributed by atoms with Crippen LogP contribution >= 0.6 is 0 Å². The van der Waals surface area contributed by atoms with E-state index in [4.69, 9.17) is 5.73 Å². The second kappa shape index (κ2) is 9.88. The van der Waals surface area contributed by atoms with Gasteiger partial charge in [-0.2, -0.15) is 0 Å². The summed E-state index contributed by atoms with van der Waals surface area (Å²) in [4.78, 5) is 23.8. The number of amides is 3. The molecule has 0 aliphatic heterocycles. The fourth-order valence-electron chi connectivity index (χ4n) is 3.20. The predicted molar refractivity (Wildman–Crippen MR) is 108 cm³/mol. The fraction of sp³-hybridized carbons (Fsp3) is 0.364. The van der Waals surface area contributed by atoms with Crippen molar-refractivity contribution in [3.05, 3.63) is 71.3 Å². The molecule has 5 nitrogen and oxygen atoms in total. The Morgan fingerprint density at radius 3 is 2.11 bits per heavy atom. The lowest BCUT2D eigenvalue weighted by atomic mass is 9.92. The van der Waals surface area contributed by atoms with E-state index >= 15 is 0 Å². The number of hydrogen-bond acceptors (Lipinski definition) is 3. The van der Waals surface area contributed by atoms with E-state index in [1.807, 2.05) is 30.3 Å². The van der Waals surface area contributed by atoms with Gasteiger partial charge in [0, 0.05) is 6.04 Å². The van der Waals surface area contributed by atoms with Crippen LogP contribution in [0.5, 0.6) is 0 Å². The molecule has 144 valence electrons. The van der Waals surface area contributed by atoms with E-state index in [1.165, 1.54) is 5.56 Å². The molecule has 0 fully saturated rings. The van der Waals surface area contributed by atoms with Gasteiger partial charge in [-0.05, 0) is 29.0 Å². The lowest BCUT2D eigenvalue weighted by Crippen LogP contribution is -2.44. The molecule has 0 aliphatic carbocycles. The topological polar surface area (TPSA) is 84.2 Å². The molecule has 4 N–H and O–H groups in total. The number of rotatable bonds is 8. The van der Waals surface area contributed by atoms with Gasteiger partial charge in [-0.1, -0.05) is 81.8 Å². The number of carbonyl (C=O) groups excluding carboxylic acids is 2. The Balaban J connectivity index is 2.30. The molecule has 0 spiro atoms. The van der Waals surface area contributed by atoms with E-state index < -0.39 is 18.0 Å². The summed E-state index contributed by atoms with van der Waals surface area (Å²) in [7, 11) is 0. The second-order valence-corrected chi connectivity index (χ2v) is 7.08. The molecule has 0 saturated heterocycles. The zero-order chi connectivity index (χ0) is 19.8. The number of nitrogens with one attached hydrogen (secondary N) is 2. The van der Waals surface area contributed by atoms with Gasteiger partial charge in [0.25, 0.3) is 0 Å². The largest absolute Gasteiger partial charge is 0.351 e. The molecule has 5 heteroatoms. The molecule has 2 aromatic carbocycles. The molecule has 0 radical (unpaired) electrons. The fourth-order valence-corrected chi connectivity index (χ4v) is 3.20. The van der Waals surface area contributed by atoms with Gasteiger partial charge in [0.05, 0.1) is 0 Å². The summed E-state index contributed by atoms with van der Waals surface area (Å²) in [5.74, 6) is -0.212. The minimum Gasteiger partial charge on any atom is -0.351 e. The van der Waals surface area contributed by atoms with Crippen molar-refractivity contribution in [2.24, 2.45) is 11.7 Å². The van der Waals surface area contributed by atoms with Crippen molar-refractivity contribution >= 4 is 11.9 Å². The number of imide groups is 1. The standard InChI is InChI=1S/C22H29N3O2/c1-4-8-16-11-13-18(14-12-16)19(15(2)3)24-20(21(26)25-22(23)27)17-9-6-5-7-10-17/h5-7,9-15,19-20,24H,4,8H2,1-3H3,(H3,23,25,26,27). The summed E-state index contributed by atoms with van der Waals surface area (Å²) in [5, 5.41) is 5.62. The average molecular weight is 367 g/mol. The first-order valence-corrected chi connectivity index (χ1v) is 9.42. The van der Waals surface area contributed by atoms with Crippen LogP contribution in [-0.2, 0) is 11.2 Å². The van der Waals surface area contributed by atoms with Crippen LogP contribution in [0.15, 0.2) is 54.6 Å². The maximum atomic E-state index is 12.6. The minimum atomic E-state index is -0.854. The van der Waals surface area contributed by atoms with Crippen LogP contribution < -0.4 is 16.4 Å². The van der Waals surface area contributed by atoms with Gasteiger partial charge in [0.2, 0.25) is 5.91 Å². The van der Waals surface area contributed by atoms with Crippen molar-refractivity contribution in [1.29, 1.82) is 0 Å². The molecule has 0 heterocycles. The van der Waals surface area contributed by atoms with Crippen molar-refractivity contribution in [2.75, 3.05) is 0 Å². The highest BCUT2D eigenvalue weighted by Gasteiger charge is 2.27. The van der Waals surface area contributed by atoms with Gasteiger partial charge in [-0.25, -0.2) is 4.79 Å². The molecule has 0 aromatic heterocycles. The summed E-state index contributed by atoms with van der Waals surface area (Å²) < 4.78 is 0. The Kier molecular flexibility index (Phi) is 7.55. The number of primary amides is 1. The van der Waals surface area contributed by atoms with Crippen LogP contribution in [0.1, 0.15) is 56.0 Å². The van der Waals surface area contributed by atoms with Crippen LogP contribution in [0.4, 0.5) is 4.79 Å². The van der Waals surface area contributed by atoms with E-state index in [-0.39, 0.29) is 12.0 Å². The second-order valence-electron chi connectivity index (χ2n) is 7.08. The van der Waals surface area contributed by atoms with Crippen LogP contribution in [-0.4, -0.2) is 11.9 Å². The van der Waals surface area contributed by atoms with Gasteiger partial charge < -0.3 is 5.73 Å². The van der Waals surface area contributed by atoms with Crippen molar-refractivity contribution in [3.63, 3.8) is 0 Å². The number of aryl methyl sites for hydroxylation is 1. The van der Waals surface area contributed by atoms with Gasteiger partial charge in [0.1, 0.15) is 6.04 Å². The smallest absolute Gasteiger partial charge is 0.318 e. The van der Waals surface area contributed by atoms with Crippen LogP contribution in [0.25, 0.3) is 0 Å². The number of urea groups is 1. The molecule has 0 bridgehead atoms. The molecule has 27 heavy (non-hydrogen) atoms. The van der Waals surface area contributed by atoms with Crippen molar-refractivity contribution in [1.82, 2.24) is 10.6 Å². The van der Waals surface area contributed by atoms with E-state index in [9.17, 15) is 9.59 Å². The van der Waals surface area contributed by atoms with Crippen molar-refractivity contribution < 1.29 is 9.59 Å². The molecule has 2 rings (SSSR count). The van der Waals surface area contributed by atoms with E-state index in [0.29, 0.717) is 0 Å². The minimum absolute atomic E-state index is 0.0514. The Labute approximate surface area is 161 Å². The SMILES string of the molecule is CCCc1ccc(C(NC(C(=O)NC(N)=O)c2ccccc2)C(C)C)cc1. The average Bonchev–Trinajstić information content (AvgIpc) is 2.63. The third-order valence-corrected chi connectivity index (χ3v) is 4.53. The van der Waals surface area contributed by atoms with Gasteiger partial charge in [-0.3, -0.25) is 15.4 Å². The van der Waals surface area contributed by atoms with E-state index in [2.05, 4.69) is 55.7 Å². The first-order chi connectivity index (χ1) is 12.9. The van der Waals surface area contributed by atoms with E-state index in [0.717, 1.165) is 24.0 Å². The summed E-state index contributed by atoms with van der Waals surface area (Å²) >= 11 is 0. The quantitative estimate of drug-likeness (QED) is 0.662. The lowest BCUT2D eigenvalue weighted by Gasteiger charge is -2.28. The summed E-state index contributed by atoms with van der Waals surface area (Å²) in [6.45, 7) is 6.37. The number of hydrogen-bond donors (Lipinski definition) is 3. The van der Waals surface area contributed by atoms with Crippen molar-refractivity contribution in [2.45, 2.75) is 45.7 Å². The van der Waals surface area contributed by atoms with Crippen LogP contribution in [0.2, 0.25) is 0 Å². The van der Waals surface area contributed by atoms with Gasteiger partial charge in [-0.15, -0.1) is 0 Å². The Hall–Kier alpha value is -2.66. The van der Waals surface area contributed by atoms with Crippen LogP contribution in [0, 0.1) is 5.92 Å². The zero-order valence-corrected chi connectivity index (χ0v) is 16.2. The third kappa shape index (κ3) is 5.93. The Morgan fingerprint density at radius 2 is 1.59 bits per heavy atom. The molecule has 0 saturated carbocycles. The maximum Gasteiger partial charge on any atom is 0.318 e. The highest BCUT2D eigenvalue weighted by atomic mass is 16.2. The van der Waals surface area contributed by atoms with Gasteiger partial charge >= 0.3 is 6.03 Å². The first kappa shape index (κ1) is 20.6. The zero-order valence-electron chi connectivity index (χ0n) is 16.2. The molecule has 2 atom stereocenters. The highest BCUT2D eigenvalue weighted by Crippen LogP contribution is 2.26. The molecular formula is C22H29N3O2. The molecular weight excluding hydrogens is 338 g/mol. The van der Waals surface area contributed by atoms with Crippen molar-refractivity contribution in [3.8, 4) is 0 Å². The molecule has 2 unspecified atom stereocenters. The first-order valence-electron chi connectivity index (χ1n) is 9.42. The number of benzene rings is 2. The van der Waals surface area contributed by atoms with Gasteiger partial charge in [0.15, 0.2) is 0 Å². The van der Waals surface area contributed by atoms with E-state index in [1.54, 1.807) is 0 Å². The maximum absolute atomic E-state index is 12.6. The molecule has 2 aromatic rings. The number of nitrogens with two attached hydrogens (primary N) is 1. The third-order valence-electron chi connectivity index (χ3n) is 4.53. The number of carbonyl (C=O) groups is 2. The lowest BCUT2D eigenvalue weighted by molar-refractivity contribution is -0.122. The normalized spacial score (nSPS) is 13.2. The summed E-state index contributed by atoms with van der Waals surface area (Å²) in [6.07, 6.45) is 2.16. The monoisotopic (exact) mass is 367 g/mol. The Morgan fingerprint density at radius 1 is 0.963 bits per heavy atom. The summed E-state index contributed by atoms with van der Waals surface area (Å²) in [5.41, 5.74) is 8.35. The molecule has 3 amide bonds. The highest BCUT2D eigenvalue weighted by molar-refractivity contribution is 5.96. The summed E-state index contributed by atoms with van der Waals surface area (Å²) in [6, 6.07) is 16.2. The van der Waals surface area contributed by atoms with Crippen LogP contribution in [0.3, 0.4) is 0 Å². The molecule has 0 aliphatic rings. The predicted octanol–water partition coefficient (Wildman–Crippen LogP) is 3.86.